The molecule has 0 aliphatic heterocycles. The second-order valence-corrected chi connectivity index (χ2v) is 6.05. The van der Waals surface area contributed by atoms with Crippen molar-refractivity contribution in [3.63, 3.8) is 0 Å². The second-order valence-electron chi connectivity index (χ2n) is 6.05. The summed E-state index contributed by atoms with van der Waals surface area (Å²) >= 11 is 0. The zero-order chi connectivity index (χ0) is 18.3. The van der Waals surface area contributed by atoms with Gasteiger partial charge in [-0.05, 0) is 52.0 Å². The summed E-state index contributed by atoms with van der Waals surface area (Å²) in [4.78, 5) is 12.7. The number of pyridine rings is 1. The molecule has 6 heteroatoms. The number of nitrogens with two attached hydrogens (primary N) is 1. The summed E-state index contributed by atoms with van der Waals surface area (Å²) < 4.78 is 11.4. The fraction of sp³-hybridized carbons (Fsp3) is 0.333. The van der Waals surface area contributed by atoms with Crippen LogP contribution in [0, 0.1) is 6.92 Å². The fourth-order valence-corrected chi connectivity index (χ4v) is 2.18. The molecule has 24 heavy (non-hydrogen) atoms. The molecule has 1 aromatic heterocycles. The van der Waals surface area contributed by atoms with Crippen LogP contribution in [-0.4, -0.2) is 29.3 Å². The van der Waals surface area contributed by atoms with Crippen LogP contribution < -0.4 is 15.2 Å². The number of hydrogen-bond donors (Lipinski definition) is 2. The van der Waals surface area contributed by atoms with Gasteiger partial charge < -0.3 is 20.3 Å². The standard InChI is InChI=1S/C17H22N2O2.CH2O2/c1-11-13(8-9-16(18)19-11)14-7-6-12(10-15(14)20-5)21-17(2,3)4;2-1-3/h6-10H,1-5H3,(H2,18,19);1H,(H,2,3). The van der Waals surface area contributed by atoms with Crippen LogP contribution in [0.2, 0.25) is 0 Å². The van der Waals surface area contributed by atoms with Crippen LogP contribution in [0.4, 0.5) is 5.82 Å². The molecule has 0 saturated heterocycles. The van der Waals surface area contributed by atoms with Crippen molar-refractivity contribution in [2.75, 3.05) is 12.8 Å². The van der Waals surface area contributed by atoms with Crippen molar-refractivity contribution in [2.45, 2.75) is 33.3 Å². The SMILES string of the molecule is COc1cc(OC(C)(C)C)ccc1-c1ccc(N)nc1C.O=CO. The summed E-state index contributed by atoms with van der Waals surface area (Å²) in [6, 6.07) is 9.58. The third-order valence-electron chi connectivity index (χ3n) is 2.99. The molecule has 1 heterocycles. The highest BCUT2D eigenvalue weighted by Gasteiger charge is 2.15. The van der Waals surface area contributed by atoms with Gasteiger partial charge in [0.25, 0.3) is 6.47 Å². The van der Waals surface area contributed by atoms with E-state index in [1.165, 1.54) is 0 Å². The number of rotatable bonds is 3. The Kier molecular flexibility index (Phi) is 6.58. The minimum Gasteiger partial charge on any atom is -0.496 e. The molecule has 2 rings (SSSR count). The van der Waals surface area contributed by atoms with E-state index < -0.39 is 0 Å². The van der Waals surface area contributed by atoms with Crippen LogP contribution in [0.3, 0.4) is 0 Å². The Morgan fingerprint density at radius 3 is 2.25 bits per heavy atom. The Bertz CT molecular complexity index is 694. The van der Waals surface area contributed by atoms with Gasteiger partial charge in [-0.2, -0.15) is 0 Å². The average Bonchev–Trinajstić information content (AvgIpc) is 2.47. The van der Waals surface area contributed by atoms with Crippen molar-refractivity contribution < 1.29 is 19.4 Å². The fourth-order valence-electron chi connectivity index (χ4n) is 2.18. The van der Waals surface area contributed by atoms with Crippen LogP contribution in [0.25, 0.3) is 11.1 Å². The number of methoxy groups -OCH3 is 1. The first kappa shape index (κ1) is 19.3. The van der Waals surface area contributed by atoms with Gasteiger partial charge in [0.2, 0.25) is 0 Å². The van der Waals surface area contributed by atoms with Gasteiger partial charge in [0.05, 0.1) is 7.11 Å². The van der Waals surface area contributed by atoms with Gasteiger partial charge >= 0.3 is 0 Å². The summed E-state index contributed by atoms with van der Waals surface area (Å²) in [6.45, 7) is 7.73. The number of anilines is 1. The number of aromatic nitrogens is 1. The molecule has 0 atom stereocenters. The Balaban J connectivity index is 0.000000891. The topological polar surface area (TPSA) is 94.7 Å². The number of aryl methyl sites for hydroxylation is 1. The van der Waals surface area contributed by atoms with E-state index in [-0.39, 0.29) is 12.1 Å². The highest BCUT2D eigenvalue weighted by Crippen LogP contribution is 2.35. The summed E-state index contributed by atoms with van der Waals surface area (Å²) in [5, 5.41) is 6.89. The van der Waals surface area contributed by atoms with E-state index in [1.54, 1.807) is 13.2 Å². The van der Waals surface area contributed by atoms with Crippen LogP contribution in [0.15, 0.2) is 30.3 Å². The van der Waals surface area contributed by atoms with E-state index in [4.69, 9.17) is 25.1 Å². The maximum atomic E-state index is 8.36. The van der Waals surface area contributed by atoms with Gasteiger partial charge in [-0.3, -0.25) is 4.79 Å². The Morgan fingerprint density at radius 2 is 1.75 bits per heavy atom. The minimum absolute atomic E-state index is 0.245. The van der Waals surface area contributed by atoms with E-state index in [0.717, 1.165) is 28.3 Å². The number of hydrogen-bond acceptors (Lipinski definition) is 5. The van der Waals surface area contributed by atoms with E-state index in [9.17, 15) is 0 Å². The third-order valence-corrected chi connectivity index (χ3v) is 2.99. The number of carbonyl (C=O) groups is 1. The zero-order valence-corrected chi connectivity index (χ0v) is 14.7. The lowest BCUT2D eigenvalue weighted by atomic mass is 10.0. The lowest BCUT2D eigenvalue weighted by molar-refractivity contribution is -0.122. The van der Waals surface area contributed by atoms with Crippen molar-refractivity contribution in [2.24, 2.45) is 0 Å². The average molecular weight is 332 g/mol. The third kappa shape index (κ3) is 5.46. The molecule has 6 nitrogen and oxygen atoms in total. The number of benzene rings is 1. The van der Waals surface area contributed by atoms with Crippen molar-refractivity contribution in [1.29, 1.82) is 0 Å². The highest BCUT2D eigenvalue weighted by atomic mass is 16.5. The first-order chi connectivity index (χ1) is 11.2. The van der Waals surface area contributed by atoms with E-state index in [0.29, 0.717) is 5.82 Å². The van der Waals surface area contributed by atoms with Crippen molar-refractivity contribution in [1.82, 2.24) is 4.98 Å². The van der Waals surface area contributed by atoms with Gasteiger partial charge in [-0.1, -0.05) is 0 Å². The molecular formula is C18H24N2O4. The summed E-state index contributed by atoms with van der Waals surface area (Å²) in [5.41, 5.74) is 8.31. The molecule has 0 fully saturated rings. The molecule has 3 N–H and O–H groups in total. The monoisotopic (exact) mass is 332 g/mol. The number of ether oxygens (including phenoxy) is 2. The predicted molar refractivity (Wildman–Crippen MR) is 94.4 cm³/mol. The first-order valence-electron chi connectivity index (χ1n) is 7.40. The molecule has 0 amide bonds. The highest BCUT2D eigenvalue weighted by molar-refractivity contribution is 5.74. The summed E-state index contributed by atoms with van der Waals surface area (Å²) in [7, 11) is 1.65. The normalized spacial score (nSPS) is 10.4. The lowest BCUT2D eigenvalue weighted by Gasteiger charge is -2.22. The number of carboxylic acid groups (broad SMARTS) is 1. The lowest BCUT2D eigenvalue weighted by Crippen LogP contribution is -2.22. The summed E-state index contributed by atoms with van der Waals surface area (Å²) in [6.07, 6.45) is 0. The minimum atomic E-state index is -0.250. The van der Waals surface area contributed by atoms with Crippen LogP contribution in [0.5, 0.6) is 11.5 Å². The molecule has 1 aromatic carbocycles. The van der Waals surface area contributed by atoms with Crippen molar-refractivity contribution in [3.8, 4) is 22.6 Å². The van der Waals surface area contributed by atoms with Crippen molar-refractivity contribution >= 4 is 12.3 Å². The number of nitrogen functional groups attached to an aromatic ring is 1. The smallest absolute Gasteiger partial charge is 0.290 e. The zero-order valence-electron chi connectivity index (χ0n) is 14.7. The maximum Gasteiger partial charge on any atom is 0.290 e. The largest absolute Gasteiger partial charge is 0.496 e. The summed E-state index contributed by atoms with van der Waals surface area (Å²) in [5.74, 6) is 2.05. The van der Waals surface area contributed by atoms with Gasteiger partial charge in [-0.15, -0.1) is 0 Å². The molecule has 0 aliphatic carbocycles. The van der Waals surface area contributed by atoms with Crippen molar-refractivity contribution in [3.05, 3.63) is 36.0 Å². The quantitative estimate of drug-likeness (QED) is 0.835. The molecule has 0 aliphatic rings. The van der Waals surface area contributed by atoms with Gasteiger partial charge in [0, 0.05) is 22.9 Å². The molecule has 0 bridgehead atoms. The molecule has 130 valence electrons. The molecule has 0 unspecified atom stereocenters. The Labute approximate surface area is 142 Å². The molecule has 0 saturated carbocycles. The maximum absolute atomic E-state index is 8.36. The van der Waals surface area contributed by atoms with E-state index in [2.05, 4.69) is 4.98 Å². The van der Waals surface area contributed by atoms with Gasteiger partial charge in [-0.25, -0.2) is 4.98 Å². The Hall–Kier alpha value is -2.76. The van der Waals surface area contributed by atoms with Crippen LogP contribution >= 0.6 is 0 Å². The molecule has 0 radical (unpaired) electrons. The first-order valence-corrected chi connectivity index (χ1v) is 7.40. The molecular weight excluding hydrogens is 308 g/mol. The van der Waals surface area contributed by atoms with E-state index >= 15 is 0 Å². The predicted octanol–water partition coefficient (Wildman–Crippen LogP) is 3.53. The van der Waals surface area contributed by atoms with Gasteiger partial charge in [0.15, 0.2) is 0 Å². The molecule has 0 spiro atoms. The Morgan fingerprint density at radius 1 is 1.17 bits per heavy atom. The van der Waals surface area contributed by atoms with Crippen LogP contribution in [-0.2, 0) is 4.79 Å². The van der Waals surface area contributed by atoms with Gasteiger partial charge in [0.1, 0.15) is 22.9 Å². The number of nitrogens with zero attached hydrogens (tertiary/aromatic N) is 1. The molecule has 2 aromatic rings. The van der Waals surface area contributed by atoms with E-state index in [1.807, 2.05) is 52.0 Å². The van der Waals surface area contributed by atoms with Crippen LogP contribution in [0.1, 0.15) is 26.5 Å². The second kappa shape index (κ2) is 8.19.